The Morgan fingerprint density at radius 1 is 1.59 bits per heavy atom. The molecule has 0 aliphatic heterocycles. The Bertz CT molecular complexity index is 410. The number of nitrogens with zero attached hydrogens (tertiary/aromatic N) is 2. The fraction of sp³-hybridized carbons (Fsp3) is 0.556. The van der Waals surface area contributed by atoms with E-state index in [9.17, 15) is 9.59 Å². The maximum absolute atomic E-state index is 11.8. The molecule has 0 fully saturated rings. The lowest BCUT2D eigenvalue weighted by Gasteiger charge is -2.08. The molecule has 0 aliphatic rings. The van der Waals surface area contributed by atoms with Crippen molar-refractivity contribution in [3.05, 3.63) is 10.6 Å². The molecular weight excluding hydrogens is 357 g/mol. The summed E-state index contributed by atoms with van der Waals surface area (Å²) in [5.41, 5.74) is 0.676. The summed E-state index contributed by atoms with van der Waals surface area (Å²) >= 11 is 2.98. The normalized spacial score (nSPS) is 11.9. The molecule has 1 unspecified atom stereocenters. The topological polar surface area (TPSA) is 81.2 Å². The van der Waals surface area contributed by atoms with Crippen LogP contribution < -0.4 is 5.32 Å². The number of halogens is 1. The van der Waals surface area contributed by atoms with Crippen molar-refractivity contribution in [3.8, 4) is 0 Å². The van der Waals surface area contributed by atoms with Crippen molar-refractivity contribution in [2.75, 3.05) is 13.7 Å². The molecule has 6 nitrogen and oxygen atoms in total. The van der Waals surface area contributed by atoms with Crippen LogP contribution in [0.25, 0.3) is 0 Å². The summed E-state index contributed by atoms with van der Waals surface area (Å²) < 4.78 is 7.89. The van der Waals surface area contributed by atoms with Crippen LogP contribution in [-0.2, 0) is 16.0 Å². The minimum atomic E-state index is -0.396. The molecule has 17 heavy (non-hydrogen) atoms. The molecule has 1 rings (SSSR count). The minimum Gasteiger partial charge on any atom is -0.468 e. The van der Waals surface area contributed by atoms with E-state index in [4.69, 9.17) is 0 Å². The van der Waals surface area contributed by atoms with E-state index in [2.05, 4.69) is 19.6 Å². The van der Waals surface area contributed by atoms with Crippen molar-refractivity contribution in [2.24, 2.45) is 0 Å². The Balaban J connectivity index is 2.53. The second-order valence-electron chi connectivity index (χ2n) is 3.10. The number of ether oxygens (including phenoxy) is 1. The number of methoxy groups -OCH3 is 1. The Hall–Kier alpha value is -0.770. The number of hydrogen-bond acceptors (Lipinski definition) is 6. The lowest BCUT2D eigenvalue weighted by atomic mass is 10.3. The fourth-order valence-corrected chi connectivity index (χ4v) is 2.23. The molecule has 1 heterocycles. The number of hydrogen-bond donors (Lipinski definition) is 1. The van der Waals surface area contributed by atoms with Gasteiger partial charge in [-0.25, -0.2) is 0 Å². The van der Waals surface area contributed by atoms with Gasteiger partial charge in [-0.15, -0.1) is 5.10 Å². The van der Waals surface area contributed by atoms with Crippen molar-refractivity contribution >= 4 is 46.0 Å². The van der Waals surface area contributed by atoms with Gasteiger partial charge in [-0.2, -0.15) is 0 Å². The van der Waals surface area contributed by atoms with E-state index < -0.39 is 3.92 Å². The van der Waals surface area contributed by atoms with Crippen LogP contribution >= 0.6 is 34.1 Å². The molecule has 0 radical (unpaired) electrons. The zero-order valence-electron chi connectivity index (χ0n) is 9.40. The number of amides is 1. The fourth-order valence-electron chi connectivity index (χ4n) is 1.09. The lowest BCUT2D eigenvalue weighted by Crippen LogP contribution is -2.33. The minimum absolute atomic E-state index is 0.229. The van der Waals surface area contributed by atoms with Gasteiger partial charge in [0.15, 0.2) is 0 Å². The first kappa shape index (κ1) is 14.3. The van der Waals surface area contributed by atoms with Crippen LogP contribution in [0.2, 0.25) is 0 Å². The number of alkyl halides is 1. The highest BCUT2D eigenvalue weighted by Crippen LogP contribution is 2.11. The van der Waals surface area contributed by atoms with Crippen molar-refractivity contribution in [3.63, 3.8) is 0 Å². The predicted molar refractivity (Wildman–Crippen MR) is 71.4 cm³/mol. The first-order valence-electron chi connectivity index (χ1n) is 4.91. The summed E-state index contributed by atoms with van der Waals surface area (Å²) in [7, 11) is 1.32. The summed E-state index contributed by atoms with van der Waals surface area (Å²) in [4.78, 5) is 23.4. The largest absolute Gasteiger partial charge is 0.468 e. The first-order chi connectivity index (χ1) is 8.10. The van der Waals surface area contributed by atoms with Crippen molar-refractivity contribution in [1.82, 2.24) is 14.9 Å². The van der Waals surface area contributed by atoms with Crippen LogP contribution in [0.15, 0.2) is 0 Å². The highest BCUT2D eigenvalue weighted by atomic mass is 127. The van der Waals surface area contributed by atoms with E-state index in [0.717, 1.165) is 11.5 Å². The van der Waals surface area contributed by atoms with Gasteiger partial charge in [0.1, 0.15) is 8.80 Å². The molecule has 1 atom stereocenters. The molecule has 0 bridgehead atoms. The number of nitrogens with one attached hydrogen (secondary N) is 1. The van der Waals surface area contributed by atoms with Crippen molar-refractivity contribution < 1.29 is 14.3 Å². The van der Waals surface area contributed by atoms with Crippen LogP contribution in [0.1, 0.15) is 22.3 Å². The van der Waals surface area contributed by atoms with Gasteiger partial charge in [0.05, 0.1) is 12.8 Å². The van der Waals surface area contributed by atoms with Gasteiger partial charge < -0.3 is 10.1 Å². The number of esters is 1. The van der Waals surface area contributed by atoms with Gasteiger partial charge >= 0.3 is 5.97 Å². The predicted octanol–water partition coefficient (Wildman–Crippen LogP) is 0.807. The number of carbonyl (C=O) groups is 2. The second-order valence-corrected chi connectivity index (χ2v) is 5.36. The third-order valence-corrected chi connectivity index (χ3v) is 3.71. The standard InChI is InChI=1S/C9H12IN3O3S/c1-3-6-7(17-13-12-6)8(14)11-4-5(10)9(15)16-2/h5H,3-4H2,1-2H3,(H,11,14). The number of aromatic nitrogens is 2. The zero-order chi connectivity index (χ0) is 12.8. The number of carbonyl (C=O) groups excluding carboxylic acids is 2. The monoisotopic (exact) mass is 369 g/mol. The van der Waals surface area contributed by atoms with Crippen LogP contribution in [0, 0.1) is 0 Å². The molecule has 1 aromatic rings. The molecule has 0 aromatic carbocycles. The first-order valence-corrected chi connectivity index (χ1v) is 6.93. The van der Waals surface area contributed by atoms with Crippen LogP contribution in [0.5, 0.6) is 0 Å². The molecule has 0 saturated carbocycles. The molecule has 0 aliphatic carbocycles. The van der Waals surface area contributed by atoms with Gasteiger partial charge in [-0.1, -0.05) is 34.0 Å². The molecule has 1 aromatic heterocycles. The third-order valence-electron chi connectivity index (χ3n) is 2.00. The summed E-state index contributed by atoms with van der Waals surface area (Å²) in [6.07, 6.45) is 0.657. The molecule has 1 N–H and O–H groups in total. The second kappa shape index (κ2) is 6.84. The van der Waals surface area contributed by atoms with Crippen molar-refractivity contribution in [1.29, 1.82) is 0 Å². The smallest absolute Gasteiger partial charge is 0.320 e. The average molecular weight is 369 g/mol. The third kappa shape index (κ3) is 3.87. The van der Waals surface area contributed by atoms with Gasteiger partial charge in [0.25, 0.3) is 5.91 Å². The molecule has 0 spiro atoms. The van der Waals surface area contributed by atoms with Crippen LogP contribution in [-0.4, -0.2) is 39.0 Å². The van der Waals surface area contributed by atoms with E-state index in [0.29, 0.717) is 17.0 Å². The van der Waals surface area contributed by atoms with Gasteiger partial charge in [-0.3, -0.25) is 9.59 Å². The number of aryl methyl sites for hydroxylation is 1. The average Bonchev–Trinajstić information content (AvgIpc) is 2.82. The zero-order valence-corrected chi connectivity index (χ0v) is 12.4. The molecule has 94 valence electrons. The van der Waals surface area contributed by atoms with E-state index in [1.165, 1.54) is 7.11 Å². The lowest BCUT2D eigenvalue weighted by molar-refractivity contribution is -0.139. The molecule has 0 saturated heterocycles. The molecular formula is C9H12IN3O3S. The van der Waals surface area contributed by atoms with Crippen LogP contribution in [0.3, 0.4) is 0 Å². The van der Waals surface area contributed by atoms with E-state index >= 15 is 0 Å². The summed E-state index contributed by atoms with van der Waals surface area (Å²) in [6.45, 7) is 2.14. The number of rotatable bonds is 5. The molecule has 1 amide bonds. The highest BCUT2D eigenvalue weighted by molar-refractivity contribution is 14.1. The Kier molecular flexibility index (Phi) is 5.75. The summed E-state index contributed by atoms with van der Waals surface area (Å²) in [6, 6.07) is 0. The van der Waals surface area contributed by atoms with E-state index in [-0.39, 0.29) is 18.4 Å². The van der Waals surface area contributed by atoms with Gasteiger partial charge in [0, 0.05) is 6.54 Å². The quantitative estimate of drug-likeness (QED) is 0.472. The Morgan fingerprint density at radius 3 is 2.88 bits per heavy atom. The maximum Gasteiger partial charge on any atom is 0.320 e. The van der Waals surface area contributed by atoms with E-state index in [1.54, 1.807) is 0 Å². The highest BCUT2D eigenvalue weighted by Gasteiger charge is 2.19. The SMILES string of the molecule is CCc1nnsc1C(=O)NCC(I)C(=O)OC. The van der Waals surface area contributed by atoms with Crippen molar-refractivity contribution in [2.45, 2.75) is 17.3 Å². The summed E-state index contributed by atoms with van der Waals surface area (Å²) in [5.74, 6) is -0.605. The summed E-state index contributed by atoms with van der Waals surface area (Å²) in [5, 5.41) is 6.51. The Labute approximate surface area is 116 Å². The van der Waals surface area contributed by atoms with Gasteiger partial charge in [0.2, 0.25) is 0 Å². The van der Waals surface area contributed by atoms with Crippen LogP contribution in [0.4, 0.5) is 0 Å². The van der Waals surface area contributed by atoms with E-state index in [1.807, 2.05) is 29.5 Å². The maximum atomic E-state index is 11.8. The Morgan fingerprint density at radius 2 is 2.29 bits per heavy atom. The van der Waals surface area contributed by atoms with Gasteiger partial charge in [-0.05, 0) is 18.0 Å². The molecule has 8 heteroatoms.